The monoisotopic (exact) mass is 327 g/mol. The third-order valence-electron chi connectivity index (χ3n) is 3.03. The molecule has 2 rings (SSSR count). The van der Waals surface area contributed by atoms with Gasteiger partial charge in [-0.15, -0.1) is 5.10 Å². The number of ether oxygens (including phenoxy) is 1. The number of hydrogen-bond donors (Lipinski definition) is 2. The average Bonchev–Trinajstić information content (AvgIpc) is 2.37. The summed E-state index contributed by atoms with van der Waals surface area (Å²) in [6, 6.07) is 3.08. The van der Waals surface area contributed by atoms with Gasteiger partial charge in [0.15, 0.2) is 5.75 Å². The standard InChI is InChI=1S/C14H15Cl2N3O2/c1-6(2)11-7(3)13(20)18-19-14(11)21-12-9(15)4-8(17)5-10(12)16/h4-6H,17H2,1-3H3,(H,18,20). The molecule has 0 aliphatic rings. The van der Waals surface area contributed by atoms with Gasteiger partial charge in [0.25, 0.3) is 5.56 Å². The Morgan fingerprint density at radius 3 is 2.38 bits per heavy atom. The zero-order valence-electron chi connectivity index (χ0n) is 11.8. The van der Waals surface area contributed by atoms with Crippen molar-refractivity contribution in [3.8, 4) is 11.6 Å². The van der Waals surface area contributed by atoms with E-state index < -0.39 is 0 Å². The van der Waals surface area contributed by atoms with Gasteiger partial charge in [-0.3, -0.25) is 4.79 Å². The molecule has 5 nitrogen and oxygen atoms in total. The van der Waals surface area contributed by atoms with Gasteiger partial charge in [0.05, 0.1) is 10.0 Å². The molecule has 112 valence electrons. The number of nitrogens with zero attached hydrogens (tertiary/aromatic N) is 1. The fourth-order valence-electron chi connectivity index (χ4n) is 2.06. The van der Waals surface area contributed by atoms with Gasteiger partial charge in [-0.05, 0) is 25.0 Å². The zero-order chi connectivity index (χ0) is 15.7. The molecular formula is C14H15Cl2N3O2. The first-order valence-corrected chi connectivity index (χ1v) is 7.08. The molecule has 0 amide bonds. The van der Waals surface area contributed by atoms with Crippen LogP contribution in [0.5, 0.6) is 11.6 Å². The van der Waals surface area contributed by atoms with Gasteiger partial charge in [0.1, 0.15) is 0 Å². The van der Waals surface area contributed by atoms with E-state index in [4.69, 9.17) is 33.7 Å². The molecule has 0 spiro atoms. The molecule has 0 fully saturated rings. The van der Waals surface area contributed by atoms with E-state index in [0.29, 0.717) is 16.8 Å². The lowest BCUT2D eigenvalue weighted by molar-refractivity contribution is 0.443. The van der Waals surface area contributed by atoms with Crippen LogP contribution in [0.1, 0.15) is 30.9 Å². The number of nitrogens with one attached hydrogen (secondary N) is 1. The summed E-state index contributed by atoms with van der Waals surface area (Å²) in [7, 11) is 0. The van der Waals surface area contributed by atoms with Crippen LogP contribution in [0.4, 0.5) is 5.69 Å². The van der Waals surface area contributed by atoms with E-state index in [1.54, 1.807) is 6.92 Å². The summed E-state index contributed by atoms with van der Waals surface area (Å²) < 4.78 is 5.72. The smallest absolute Gasteiger partial charge is 0.267 e. The maximum absolute atomic E-state index is 11.7. The van der Waals surface area contributed by atoms with Gasteiger partial charge in [-0.2, -0.15) is 0 Å². The molecule has 1 heterocycles. The van der Waals surface area contributed by atoms with Gasteiger partial charge in [-0.1, -0.05) is 37.0 Å². The number of H-pyrrole nitrogens is 1. The van der Waals surface area contributed by atoms with E-state index in [-0.39, 0.29) is 33.2 Å². The minimum Gasteiger partial charge on any atom is -0.434 e. The van der Waals surface area contributed by atoms with Gasteiger partial charge < -0.3 is 10.5 Å². The van der Waals surface area contributed by atoms with Crippen molar-refractivity contribution < 1.29 is 4.74 Å². The molecule has 0 radical (unpaired) electrons. The molecule has 2 aromatic rings. The van der Waals surface area contributed by atoms with Crippen molar-refractivity contribution in [1.82, 2.24) is 10.2 Å². The number of hydrogen-bond acceptors (Lipinski definition) is 4. The molecular weight excluding hydrogens is 313 g/mol. The Kier molecular flexibility index (Phi) is 4.44. The van der Waals surface area contributed by atoms with Gasteiger partial charge >= 0.3 is 0 Å². The summed E-state index contributed by atoms with van der Waals surface area (Å²) in [5.41, 5.74) is 7.11. The Morgan fingerprint density at radius 1 is 1.29 bits per heavy atom. The van der Waals surface area contributed by atoms with Crippen molar-refractivity contribution >= 4 is 28.9 Å². The van der Waals surface area contributed by atoms with E-state index in [2.05, 4.69) is 10.2 Å². The zero-order valence-corrected chi connectivity index (χ0v) is 13.3. The van der Waals surface area contributed by atoms with E-state index in [0.717, 1.165) is 0 Å². The van der Waals surface area contributed by atoms with Crippen LogP contribution in [0.2, 0.25) is 10.0 Å². The summed E-state index contributed by atoms with van der Waals surface area (Å²) in [6.45, 7) is 5.61. The van der Waals surface area contributed by atoms with E-state index >= 15 is 0 Å². The molecule has 3 N–H and O–H groups in total. The first kappa shape index (κ1) is 15.7. The Hall–Kier alpha value is -1.72. The van der Waals surface area contributed by atoms with Crippen LogP contribution >= 0.6 is 23.2 Å². The molecule has 0 aliphatic carbocycles. The normalized spacial score (nSPS) is 11.0. The summed E-state index contributed by atoms with van der Waals surface area (Å²) in [4.78, 5) is 11.7. The highest BCUT2D eigenvalue weighted by Crippen LogP contribution is 2.39. The lowest BCUT2D eigenvalue weighted by atomic mass is 10.0. The molecule has 0 bridgehead atoms. The SMILES string of the molecule is Cc1c(C(C)C)c(Oc2c(Cl)cc(N)cc2Cl)n[nH]c1=O. The van der Waals surface area contributed by atoms with Crippen LogP contribution in [0.25, 0.3) is 0 Å². The number of rotatable bonds is 3. The lowest BCUT2D eigenvalue weighted by Gasteiger charge is -2.15. The maximum Gasteiger partial charge on any atom is 0.267 e. The van der Waals surface area contributed by atoms with Crippen LogP contribution in [-0.4, -0.2) is 10.2 Å². The van der Waals surface area contributed by atoms with Crippen molar-refractivity contribution in [3.05, 3.63) is 43.7 Å². The highest BCUT2D eigenvalue weighted by molar-refractivity contribution is 6.37. The number of nitrogens with two attached hydrogens (primary N) is 1. The molecule has 7 heteroatoms. The Morgan fingerprint density at radius 2 is 1.86 bits per heavy atom. The highest BCUT2D eigenvalue weighted by atomic mass is 35.5. The molecule has 0 saturated carbocycles. The molecule has 0 aliphatic heterocycles. The van der Waals surface area contributed by atoms with Crippen LogP contribution in [-0.2, 0) is 0 Å². The van der Waals surface area contributed by atoms with Crippen molar-refractivity contribution in [1.29, 1.82) is 0 Å². The maximum atomic E-state index is 11.7. The Labute approximate surface area is 132 Å². The van der Waals surface area contributed by atoms with E-state index in [1.165, 1.54) is 12.1 Å². The Bertz CT molecular complexity index is 718. The predicted molar refractivity (Wildman–Crippen MR) is 84.6 cm³/mol. The summed E-state index contributed by atoms with van der Waals surface area (Å²) in [5.74, 6) is 0.588. The molecule has 0 unspecified atom stereocenters. The fraction of sp³-hybridized carbons (Fsp3) is 0.286. The number of halogens is 2. The third-order valence-corrected chi connectivity index (χ3v) is 3.59. The molecule has 0 saturated heterocycles. The number of anilines is 1. The van der Waals surface area contributed by atoms with Gasteiger partial charge in [-0.25, -0.2) is 5.10 Å². The predicted octanol–water partition coefficient (Wildman–Crippen LogP) is 3.88. The second-order valence-corrected chi connectivity index (χ2v) is 5.78. The van der Waals surface area contributed by atoms with Crippen LogP contribution in [0.15, 0.2) is 16.9 Å². The van der Waals surface area contributed by atoms with Crippen LogP contribution in [0, 0.1) is 6.92 Å². The summed E-state index contributed by atoms with van der Waals surface area (Å²) in [6.07, 6.45) is 0. The fourth-order valence-corrected chi connectivity index (χ4v) is 2.64. The van der Waals surface area contributed by atoms with Crippen molar-refractivity contribution in [2.75, 3.05) is 5.73 Å². The molecule has 1 aromatic heterocycles. The van der Waals surface area contributed by atoms with Crippen molar-refractivity contribution in [2.24, 2.45) is 0 Å². The Balaban J connectivity index is 2.55. The largest absolute Gasteiger partial charge is 0.434 e. The number of benzene rings is 1. The van der Waals surface area contributed by atoms with Crippen molar-refractivity contribution in [2.45, 2.75) is 26.7 Å². The molecule has 1 aromatic carbocycles. The number of aromatic nitrogens is 2. The van der Waals surface area contributed by atoms with Crippen molar-refractivity contribution in [3.63, 3.8) is 0 Å². The van der Waals surface area contributed by atoms with Crippen LogP contribution in [0.3, 0.4) is 0 Å². The third kappa shape index (κ3) is 3.14. The van der Waals surface area contributed by atoms with Gasteiger partial charge in [0.2, 0.25) is 5.88 Å². The molecule has 0 atom stereocenters. The number of nitrogen functional groups attached to an aromatic ring is 1. The average molecular weight is 328 g/mol. The second-order valence-electron chi connectivity index (χ2n) is 4.97. The lowest BCUT2D eigenvalue weighted by Crippen LogP contribution is -2.16. The second kappa shape index (κ2) is 5.95. The minimum absolute atomic E-state index is 0.0566. The minimum atomic E-state index is -0.249. The first-order chi connectivity index (χ1) is 9.81. The highest BCUT2D eigenvalue weighted by Gasteiger charge is 2.18. The van der Waals surface area contributed by atoms with Crippen LogP contribution < -0.4 is 16.0 Å². The number of aromatic amines is 1. The summed E-state index contributed by atoms with van der Waals surface area (Å²) >= 11 is 12.2. The quantitative estimate of drug-likeness (QED) is 0.838. The molecule has 21 heavy (non-hydrogen) atoms. The summed E-state index contributed by atoms with van der Waals surface area (Å²) in [5, 5.41) is 6.90. The van der Waals surface area contributed by atoms with E-state index in [1.807, 2.05) is 13.8 Å². The van der Waals surface area contributed by atoms with E-state index in [9.17, 15) is 4.79 Å². The van der Waals surface area contributed by atoms with Gasteiger partial charge in [0, 0.05) is 16.8 Å². The first-order valence-electron chi connectivity index (χ1n) is 6.32. The topological polar surface area (TPSA) is 81.0 Å².